The molecule has 1 unspecified atom stereocenters. The van der Waals surface area contributed by atoms with Crippen LogP contribution in [0.25, 0.3) is 21.9 Å². The first-order chi connectivity index (χ1) is 25.2. The molecular formula is C41H46FN5O5. The van der Waals surface area contributed by atoms with E-state index < -0.39 is 6.04 Å². The van der Waals surface area contributed by atoms with Crippen LogP contribution in [0.1, 0.15) is 44.1 Å². The number of fused-ring (bicyclic) bond motifs is 1. The lowest BCUT2D eigenvalue weighted by Crippen LogP contribution is -2.47. The third kappa shape index (κ3) is 7.60. The highest BCUT2D eigenvalue weighted by Gasteiger charge is 2.30. The third-order valence-electron chi connectivity index (χ3n) is 11.1. The van der Waals surface area contributed by atoms with Crippen LogP contribution in [0.2, 0.25) is 0 Å². The van der Waals surface area contributed by atoms with Crippen molar-refractivity contribution in [1.82, 2.24) is 14.8 Å². The van der Waals surface area contributed by atoms with E-state index in [2.05, 4.69) is 20.4 Å². The van der Waals surface area contributed by atoms with Crippen molar-refractivity contribution in [3.63, 3.8) is 0 Å². The first-order valence-corrected chi connectivity index (χ1v) is 18.3. The van der Waals surface area contributed by atoms with Crippen LogP contribution in [0.15, 0.2) is 71.7 Å². The van der Waals surface area contributed by atoms with Gasteiger partial charge < -0.3 is 19.5 Å². The summed E-state index contributed by atoms with van der Waals surface area (Å²) in [6.07, 6.45) is 6.54. The molecular weight excluding hydrogens is 661 g/mol. The van der Waals surface area contributed by atoms with Crippen LogP contribution in [0.5, 0.6) is 5.75 Å². The summed E-state index contributed by atoms with van der Waals surface area (Å²) in [7, 11) is 3.28. The van der Waals surface area contributed by atoms with Crippen LogP contribution < -0.4 is 25.8 Å². The number of hydrogen-bond donors (Lipinski definition) is 2. The molecule has 3 aliphatic rings. The number of carbonyl (C=O) groups excluding carboxylic acids is 3. The largest absolute Gasteiger partial charge is 0.496 e. The van der Waals surface area contributed by atoms with E-state index in [9.17, 15) is 19.2 Å². The number of ether oxygens (including phenoxy) is 1. The van der Waals surface area contributed by atoms with Gasteiger partial charge in [0.2, 0.25) is 11.8 Å². The molecule has 0 bridgehead atoms. The number of hydrogen-bond acceptors (Lipinski definition) is 8. The van der Waals surface area contributed by atoms with E-state index in [0.717, 1.165) is 74.2 Å². The number of likely N-dealkylation sites (tertiary alicyclic amines) is 1. The molecule has 0 aliphatic carbocycles. The summed E-state index contributed by atoms with van der Waals surface area (Å²) in [6.45, 7) is 3.69. The van der Waals surface area contributed by atoms with Crippen LogP contribution in [0.3, 0.4) is 0 Å². The standard InChI is InChI=1S/C41H46FN5O5/c1-45-24-34(31-5-3-4-6-32(31)41(45)51)28-22-35(42)33(38(23-28)52-2)21-26-13-17-46(18-14-26)25-37(48)27-15-19-47(20-16-27)30-9-7-29(8-10-30)43-36-11-12-39(49)44-40(36)50/h3-10,22-24,26-27,36,43H,11-21,25H2,1-2H3,(H,44,49,50). The van der Waals surface area contributed by atoms with Crippen LogP contribution in [-0.2, 0) is 27.9 Å². The van der Waals surface area contributed by atoms with Gasteiger partial charge in [-0.2, -0.15) is 0 Å². The minimum atomic E-state index is -0.415. The summed E-state index contributed by atoms with van der Waals surface area (Å²) in [5, 5.41) is 6.96. The quantitative estimate of drug-likeness (QED) is 0.214. The van der Waals surface area contributed by atoms with Gasteiger partial charge in [0.15, 0.2) is 0 Å². The number of nitrogens with zero attached hydrogens (tertiary/aromatic N) is 3. The smallest absolute Gasteiger partial charge is 0.258 e. The number of anilines is 2. The number of rotatable bonds is 10. The monoisotopic (exact) mass is 707 g/mol. The van der Waals surface area contributed by atoms with Gasteiger partial charge in [-0.05, 0) is 111 Å². The zero-order valence-electron chi connectivity index (χ0n) is 29.8. The second kappa shape index (κ2) is 15.3. The van der Waals surface area contributed by atoms with E-state index >= 15 is 4.39 Å². The molecule has 3 fully saturated rings. The van der Waals surface area contributed by atoms with Gasteiger partial charge in [-0.3, -0.25) is 29.4 Å². The molecule has 1 aromatic heterocycles. The Kier molecular flexibility index (Phi) is 10.4. The molecule has 10 nitrogen and oxygen atoms in total. The number of piperidine rings is 3. The molecule has 2 amide bonds. The Balaban J connectivity index is 0.893. The van der Waals surface area contributed by atoms with Gasteiger partial charge in [-0.25, -0.2) is 4.39 Å². The Morgan fingerprint density at radius 3 is 2.33 bits per heavy atom. The maximum Gasteiger partial charge on any atom is 0.258 e. The normalized spacial score (nSPS) is 19.1. The molecule has 272 valence electrons. The van der Waals surface area contributed by atoms with Gasteiger partial charge in [-0.1, -0.05) is 18.2 Å². The molecule has 3 aliphatic heterocycles. The molecule has 4 aromatic rings. The molecule has 3 aromatic carbocycles. The van der Waals surface area contributed by atoms with Crippen LogP contribution >= 0.6 is 0 Å². The number of aryl methyl sites for hydroxylation is 1. The molecule has 11 heteroatoms. The number of benzene rings is 3. The minimum absolute atomic E-state index is 0.0449. The van der Waals surface area contributed by atoms with Crippen molar-refractivity contribution in [3.05, 3.63) is 88.6 Å². The first-order valence-electron chi connectivity index (χ1n) is 18.3. The van der Waals surface area contributed by atoms with Gasteiger partial charge >= 0.3 is 0 Å². The SMILES string of the molecule is COc1cc(-c2cn(C)c(=O)c3ccccc23)cc(F)c1CC1CCN(CC(=O)C2CCN(c3ccc(NC4CCC(=O)NC4=O)cc3)CC2)CC1. The number of halogens is 1. The lowest BCUT2D eigenvalue weighted by atomic mass is 9.87. The van der Waals surface area contributed by atoms with E-state index in [4.69, 9.17) is 4.74 Å². The maximum atomic E-state index is 15.8. The lowest BCUT2D eigenvalue weighted by Gasteiger charge is -2.35. The fourth-order valence-corrected chi connectivity index (χ4v) is 8.04. The van der Waals surface area contributed by atoms with Gasteiger partial charge in [0, 0.05) is 66.6 Å². The van der Waals surface area contributed by atoms with Crippen LogP contribution in [0, 0.1) is 17.7 Å². The number of nitrogens with one attached hydrogen (secondary N) is 2. The van der Waals surface area contributed by atoms with Gasteiger partial charge in [0.1, 0.15) is 23.4 Å². The Hall–Kier alpha value is -5.03. The van der Waals surface area contributed by atoms with Gasteiger partial charge in [-0.15, -0.1) is 0 Å². The Bertz CT molecular complexity index is 2030. The number of Topliss-reactive ketones (excluding diaryl/α,β-unsaturated/α-hetero) is 1. The van der Waals surface area contributed by atoms with E-state index in [1.165, 1.54) is 4.57 Å². The predicted molar refractivity (Wildman–Crippen MR) is 200 cm³/mol. The number of methoxy groups -OCH3 is 1. The Labute approximate surface area is 302 Å². The molecule has 0 radical (unpaired) electrons. The highest BCUT2D eigenvalue weighted by Crippen LogP contribution is 2.36. The molecule has 1 atom stereocenters. The zero-order valence-corrected chi connectivity index (χ0v) is 29.8. The van der Waals surface area contributed by atoms with Crippen molar-refractivity contribution in [1.29, 1.82) is 0 Å². The average molecular weight is 708 g/mol. The van der Waals surface area contributed by atoms with E-state index in [0.29, 0.717) is 53.9 Å². The number of ketones is 1. The number of aromatic nitrogens is 1. The van der Waals surface area contributed by atoms with Crippen molar-refractivity contribution in [2.45, 2.75) is 51.0 Å². The molecule has 7 rings (SSSR count). The second-order valence-electron chi connectivity index (χ2n) is 14.5. The highest BCUT2D eigenvalue weighted by atomic mass is 19.1. The summed E-state index contributed by atoms with van der Waals surface area (Å²) in [5.74, 6) is 0.317. The van der Waals surface area contributed by atoms with Crippen molar-refractivity contribution in [2.75, 3.05) is 50.1 Å². The third-order valence-corrected chi connectivity index (χ3v) is 11.1. The van der Waals surface area contributed by atoms with Crippen LogP contribution in [-0.4, -0.2) is 72.9 Å². The van der Waals surface area contributed by atoms with E-state index in [1.807, 2.05) is 48.5 Å². The fraction of sp³-hybridized carbons (Fsp3) is 0.415. The minimum Gasteiger partial charge on any atom is -0.496 e. The number of carbonyl (C=O) groups is 3. The summed E-state index contributed by atoms with van der Waals surface area (Å²) in [5.41, 5.74) is 3.85. The van der Waals surface area contributed by atoms with Gasteiger partial charge in [0.25, 0.3) is 5.56 Å². The van der Waals surface area contributed by atoms with Crippen molar-refractivity contribution in [2.24, 2.45) is 18.9 Å². The van der Waals surface area contributed by atoms with Crippen molar-refractivity contribution < 1.29 is 23.5 Å². The topological polar surface area (TPSA) is 113 Å². The molecule has 0 spiro atoms. The molecule has 4 heterocycles. The summed E-state index contributed by atoms with van der Waals surface area (Å²) >= 11 is 0. The number of imide groups is 1. The average Bonchev–Trinajstić information content (AvgIpc) is 3.16. The first kappa shape index (κ1) is 35.4. The summed E-state index contributed by atoms with van der Waals surface area (Å²) in [6, 6.07) is 18.4. The molecule has 2 N–H and O–H groups in total. The fourth-order valence-electron chi connectivity index (χ4n) is 8.04. The van der Waals surface area contributed by atoms with E-state index in [1.54, 1.807) is 32.5 Å². The lowest BCUT2D eigenvalue weighted by molar-refractivity contribution is -0.133. The second-order valence-corrected chi connectivity index (χ2v) is 14.5. The van der Waals surface area contributed by atoms with E-state index in [-0.39, 0.29) is 35.0 Å². The molecule has 52 heavy (non-hydrogen) atoms. The highest BCUT2D eigenvalue weighted by molar-refractivity contribution is 6.01. The zero-order chi connectivity index (χ0) is 36.4. The number of pyridine rings is 1. The Morgan fingerprint density at radius 2 is 1.63 bits per heavy atom. The summed E-state index contributed by atoms with van der Waals surface area (Å²) in [4.78, 5) is 54.1. The predicted octanol–water partition coefficient (Wildman–Crippen LogP) is 5.31. The Morgan fingerprint density at radius 1 is 0.923 bits per heavy atom. The maximum absolute atomic E-state index is 15.8. The van der Waals surface area contributed by atoms with Crippen molar-refractivity contribution >= 4 is 39.7 Å². The van der Waals surface area contributed by atoms with Crippen LogP contribution in [0.4, 0.5) is 15.8 Å². The molecule has 0 saturated carbocycles. The van der Waals surface area contributed by atoms with Gasteiger partial charge in [0.05, 0.1) is 13.7 Å². The molecule has 3 saturated heterocycles. The number of amides is 2. The van der Waals surface area contributed by atoms with Crippen molar-refractivity contribution in [3.8, 4) is 16.9 Å². The summed E-state index contributed by atoms with van der Waals surface area (Å²) < 4.78 is 23.1.